The second kappa shape index (κ2) is 6.33. The number of aryl methyl sites for hydroxylation is 1. The fourth-order valence-electron chi connectivity index (χ4n) is 2.95. The van der Waals surface area contributed by atoms with E-state index >= 15 is 0 Å². The number of aromatic nitrogens is 2. The maximum absolute atomic E-state index is 6.36. The minimum atomic E-state index is 0.588. The van der Waals surface area contributed by atoms with Crippen LogP contribution in [0.25, 0.3) is 11.0 Å². The van der Waals surface area contributed by atoms with E-state index in [1.165, 1.54) is 25.9 Å². The Hall–Kier alpha value is -0.770. The van der Waals surface area contributed by atoms with Gasteiger partial charge in [-0.15, -0.1) is 11.6 Å². The van der Waals surface area contributed by atoms with Crippen molar-refractivity contribution in [1.29, 1.82) is 0 Å². The molecule has 0 bridgehead atoms. The summed E-state index contributed by atoms with van der Waals surface area (Å²) in [7, 11) is 0. The molecule has 0 aliphatic carbocycles. The van der Waals surface area contributed by atoms with Crippen LogP contribution >= 0.6 is 23.2 Å². The molecule has 3 nitrogen and oxygen atoms in total. The Morgan fingerprint density at radius 2 is 1.95 bits per heavy atom. The van der Waals surface area contributed by atoms with Gasteiger partial charge >= 0.3 is 0 Å². The molecule has 0 saturated carbocycles. The maximum Gasteiger partial charge on any atom is 0.111 e. The summed E-state index contributed by atoms with van der Waals surface area (Å²) in [6.07, 6.45) is 3.42. The van der Waals surface area contributed by atoms with Gasteiger partial charge in [0.25, 0.3) is 0 Å². The molecule has 1 aromatic heterocycles. The number of rotatable bonds is 5. The van der Waals surface area contributed by atoms with Crippen molar-refractivity contribution in [2.45, 2.75) is 25.8 Å². The molecule has 1 aliphatic rings. The molecule has 0 amide bonds. The Morgan fingerprint density at radius 1 is 1.15 bits per heavy atom. The van der Waals surface area contributed by atoms with Crippen molar-refractivity contribution < 1.29 is 0 Å². The Kier molecular flexibility index (Phi) is 4.49. The van der Waals surface area contributed by atoms with Crippen LogP contribution in [0, 0.1) is 0 Å². The van der Waals surface area contributed by atoms with Crippen molar-refractivity contribution in [2.24, 2.45) is 0 Å². The van der Waals surface area contributed by atoms with Crippen LogP contribution < -0.4 is 0 Å². The highest BCUT2D eigenvalue weighted by atomic mass is 35.5. The molecule has 20 heavy (non-hydrogen) atoms. The van der Waals surface area contributed by atoms with Gasteiger partial charge in [0, 0.05) is 25.4 Å². The molecule has 0 spiro atoms. The molecular formula is C15H19Cl2N3. The van der Waals surface area contributed by atoms with E-state index in [9.17, 15) is 0 Å². The van der Waals surface area contributed by atoms with E-state index < -0.39 is 0 Å². The molecule has 1 fully saturated rings. The molecular weight excluding hydrogens is 293 g/mol. The molecule has 0 unspecified atom stereocenters. The topological polar surface area (TPSA) is 21.1 Å². The zero-order chi connectivity index (χ0) is 13.9. The molecule has 5 heteroatoms. The molecule has 2 aromatic rings. The van der Waals surface area contributed by atoms with Crippen molar-refractivity contribution in [3.8, 4) is 0 Å². The first-order chi connectivity index (χ1) is 9.79. The molecule has 0 N–H and O–H groups in total. The molecule has 0 radical (unpaired) electrons. The summed E-state index contributed by atoms with van der Waals surface area (Å²) >= 11 is 12.3. The van der Waals surface area contributed by atoms with Crippen molar-refractivity contribution in [3.63, 3.8) is 0 Å². The van der Waals surface area contributed by atoms with Crippen LogP contribution in [0.3, 0.4) is 0 Å². The van der Waals surface area contributed by atoms with Crippen LogP contribution in [0.5, 0.6) is 0 Å². The summed E-state index contributed by atoms with van der Waals surface area (Å²) < 4.78 is 2.25. The average Bonchev–Trinajstić information content (AvgIpc) is 3.05. The van der Waals surface area contributed by atoms with E-state index in [1.54, 1.807) is 0 Å². The number of hydrogen-bond donors (Lipinski definition) is 0. The van der Waals surface area contributed by atoms with E-state index in [4.69, 9.17) is 23.2 Å². The van der Waals surface area contributed by atoms with E-state index in [1.807, 2.05) is 18.2 Å². The third kappa shape index (κ3) is 2.80. The molecule has 108 valence electrons. The van der Waals surface area contributed by atoms with Crippen LogP contribution in [0.4, 0.5) is 0 Å². The lowest BCUT2D eigenvalue weighted by Gasteiger charge is -2.16. The number of imidazole rings is 1. The first-order valence-corrected chi connectivity index (χ1v) is 8.13. The fraction of sp³-hybridized carbons (Fsp3) is 0.533. The lowest BCUT2D eigenvalue weighted by molar-refractivity contribution is 0.322. The Bertz CT molecular complexity index is 588. The molecule has 0 atom stereocenters. The average molecular weight is 312 g/mol. The third-order valence-corrected chi connectivity index (χ3v) is 4.45. The van der Waals surface area contributed by atoms with Gasteiger partial charge in [-0.05, 0) is 38.1 Å². The zero-order valence-electron chi connectivity index (χ0n) is 11.5. The fourth-order valence-corrected chi connectivity index (χ4v) is 3.39. The van der Waals surface area contributed by atoms with Gasteiger partial charge in [0.2, 0.25) is 0 Å². The van der Waals surface area contributed by atoms with E-state index in [0.717, 1.165) is 41.4 Å². The standard InChI is InChI=1S/C15H19Cl2N3/c16-7-6-14-18-13-5-3-4-12(17)15(13)20(14)11-10-19-8-1-2-9-19/h3-5H,1-2,6-11H2. The predicted molar refractivity (Wildman–Crippen MR) is 84.8 cm³/mol. The highest BCUT2D eigenvalue weighted by molar-refractivity contribution is 6.35. The first-order valence-electron chi connectivity index (χ1n) is 7.21. The molecule has 1 saturated heterocycles. The smallest absolute Gasteiger partial charge is 0.111 e. The number of hydrogen-bond acceptors (Lipinski definition) is 2. The normalized spacial score (nSPS) is 16.3. The second-order valence-corrected chi connectivity index (χ2v) is 6.06. The summed E-state index contributed by atoms with van der Waals surface area (Å²) in [6, 6.07) is 5.90. The highest BCUT2D eigenvalue weighted by Crippen LogP contribution is 2.25. The van der Waals surface area contributed by atoms with Crippen molar-refractivity contribution >= 4 is 34.2 Å². The Balaban J connectivity index is 1.90. The number of benzene rings is 1. The van der Waals surface area contributed by atoms with Crippen LogP contribution in [0.1, 0.15) is 18.7 Å². The van der Waals surface area contributed by atoms with Gasteiger partial charge in [-0.25, -0.2) is 4.98 Å². The Labute approximate surface area is 129 Å². The summed E-state index contributed by atoms with van der Waals surface area (Å²) in [5.74, 6) is 1.63. The molecule has 1 aliphatic heterocycles. The summed E-state index contributed by atoms with van der Waals surface area (Å²) in [6.45, 7) is 4.43. The number of fused-ring (bicyclic) bond motifs is 1. The van der Waals surface area contributed by atoms with E-state index in [-0.39, 0.29) is 0 Å². The van der Waals surface area contributed by atoms with Crippen molar-refractivity contribution in [1.82, 2.24) is 14.5 Å². The van der Waals surface area contributed by atoms with E-state index in [0.29, 0.717) is 5.88 Å². The van der Waals surface area contributed by atoms with E-state index in [2.05, 4.69) is 14.5 Å². The largest absolute Gasteiger partial charge is 0.325 e. The molecule has 3 rings (SSSR count). The van der Waals surface area contributed by atoms with Gasteiger partial charge in [0.15, 0.2) is 0 Å². The molecule has 2 heterocycles. The molecule has 1 aromatic carbocycles. The van der Waals surface area contributed by atoms with Crippen LogP contribution in [-0.2, 0) is 13.0 Å². The van der Waals surface area contributed by atoms with Gasteiger partial charge in [0.05, 0.1) is 16.1 Å². The zero-order valence-corrected chi connectivity index (χ0v) is 13.0. The number of halogens is 2. The highest BCUT2D eigenvalue weighted by Gasteiger charge is 2.16. The van der Waals surface area contributed by atoms with Crippen molar-refractivity contribution in [3.05, 3.63) is 29.0 Å². The SMILES string of the molecule is ClCCc1nc2cccc(Cl)c2n1CCN1CCCC1. The number of alkyl halides is 1. The van der Waals surface area contributed by atoms with Gasteiger partial charge in [0.1, 0.15) is 5.82 Å². The van der Waals surface area contributed by atoms with Crippen LogP contribution in [0.15, 0.2) is 18.2 Å². The predicted octanol–water partition coefficient (Wildman–Crippen LogP) is 3.57. The van der Waals surface area contributed by atoms with Gasteiger partial charge < -0.3 is 9.47 Å². The quantitative estimate of drug-likeness (QED) is 0.787. The lowest BCUT2D eigenvalue weighted by Crippen LogP contribution is -2.24. The number of nitrogens with zero attached hydrogens (tertiary/aromatic N) is 3. The van der Waals surface area contributed by atoms with Crippen LogP contribution in [0.2, 0.25) is 5.02 Å². The Morgan fingerprint density at radius 3 is 2.70 bits per heavy atom. The summed E-state index contributed by atoms with van der Waals surface area (Å²) in [5.41, 5.74) is 2.02. The summed E-state index contributed by atoms with van der Waals surface area (Å²) in [4.78, 5) is 7.19. The minimum absolute atomic E-state index is 0.588. The number of para-hydroxylation sites is 1. The number of likely N-dealkylation sites (tertiary alicyclic amines) is 1. The summed E-state index contributed by atoms with van der Waals surface area (Å²) in [5, 5.41) is 0.775. The van der Waals surface area contributed by atoms with Gasteiger partial charge in [-0.1, -0.05) is 17.7 Å². The second-order valence-electron chi connectivity index (χ2n) is 5.27. The van der Waals surface area contributed by atoms with Crippen LogP contribution in [-0.4, -0.2) is 40.0 Å². The third-order valence-electron chi connectivity index (χ3n) is 3.95. The monoisotopic (exact) mass is 311 g/mol. The maximum atomic E-state index is 6.36. The van der Waals surface area contributed by atoms with Gasteiger partial charge in [-0.2, -0.15) is 0 Å². The minimum Gasteiger partial charge on any atom is -0.325 e. The van der Waals surface area contributed by atoms with Crippen molar-refractivity contribution in [2.75, 3.05) is 25.5 Å². The first kappa shape index (κ1) is 14.2. The van der Waals surface area contributed by atoms with Gasteiger partial charge in [-0.3, -0.25) is 0 Å². The lowest BCUT2D eigenvalue weighted by atomic mass is 10.3.